The molecule has 0 saturated heterocycles. The Kier molecular flexibility index (Phi) is 4.97. The maximum absolute atomic E-state index is 12.8. The van der Waals surface area contributed by atoms with Crippen molar-refractivity contribution in [3.05, 3.63) is 45.8 Å². The lowest BCUT2D eigenvalue weighted by molar-refractivity contribution is -0.118. The summed E-state index contributed by atoms with van der Waals surface area (Å²) in [5.74, 6) is -0.480. The highest BCUT2D eigenvalue weighted by atomic mass is 32.1. The van der Waals surface area contributed by atoms with Gasteiger partial charge >= 0.3 is 0 Å². The van der Waals surface area contributed by atoms with Crippen LogP contribution in [0.15, 0.2) is 29.4 Å². The fraction of sp³-hybridized carbons (Fsp3) is 0.333. The second kappa shape index (κ2) is 7.56. The van der Waals surface area contributed by atoms with Crippen molar-refractivity contribution in [3.8, 4) is 6.07 Å². The predicted molar refractivity (Wildman–Crippen MR) is 110 cm³/mol. The number of anilines is 2. The van der Waals surface area contributed by atoms with Gasteiger partial charge in [-0.15, -0.1) is 11.3 Å². The summed E-state index contributed by atoms with van der Waals surface area (Å²) in [6.45, 7) is 1.94. The molecule has 7 heteroatoms. The summed E-state index contributed by atoms with van der Waals surface area (Å²) >= 11 is 1.49. The summed E-state index contributed by atoms with van der Waals surface area (Å²) in [6, 6.07) is 9.72. The third-order valence-electron chi connectivity index (χ3n) is 5.05. The van der Waals surface area contributed by atoms with Crippen molar-refractivity contribution < 1.29 is 9.59 Å². The molecule has 0 radical (unpaired) electrons. The van der Waals surface area contributed by atoms with Gasteiger partial charge in [0.2, 0.25) is 5.91 Å². The molecule has 6 nitrogen and oxygen atoms in total. The predicted octanol–water partition coefficient (Wildman–Crippen LogP) is 3.93. The average Bonchev–Trinajstić information content (AvgIpc) is 3.05. The molecule has 4 rings (SSSR count). The van der Waals surface area contributed by atoms with Crippen molar-refractivity contribution >= 4 is 39.6 Å². The van der Waals surface area contributed by atoms with Gasteiger partial charge in [-0.2, -0.15) is 10.4 Å². The molecule has 0 unspecified atom stereocenters. The highest BCUT2D eigenvalue weighted by molar-refractivity contribution is 7.16. The van der Waals surface area contributed by atoms with Crippen molar-refractivity contribution in [2.75, 3.05) is 10.3 Å². The van der Waals surface area contributed by atoms with E-state index in [0.29, 0.717) is 28.4 Å². The topological polar surface area (TPSA) is 85.6 Å². The number of hydrogen-bond acceptors (Lipinski definition) is 5. The number of fused-ring (bicyclic) bond motifs is 1. The lowest BCUT2D eigenvalue weighted by Gasteiger charge is -2.23. The van der Waals surface area contributed by atoms with E-state index >= 15 is 0 Å². The molecule has 0 bridgehead atoms. The van der Waals surface area contributed by atoms with Crippen LogP contribution in [0.25, 0.3) is 0 Å². The molecule has 2 aliphatic rings. The summed E-state index contributed by atoms with van der Waals surface area (Å²) in [6.07, 6.45) is 4.56. The molecule has 1 N–H and O–H groups in total. The molecule has 0 spiro atoms. The molecule has 1 aliphatic carbocycles. The van der Waals surface area contributed by atoms with Gasteiger partial charge in [-0.05, 0) is 55.9 Å². The number of nitrogens with one attached hydrogen (secondary N) is 1. The number of carbonyl (C=O) groups excluding carboxylic acids is 2. The van der Waals surface area contributed by atoms with Crippen LogP contribution < -0.4 is 10.3 Å². The number of amides is 2. The van der Waals surface area contributed by atoms with Crippen molar-refractivity contribution in [1.29, 1.82) is 5.26 Å². The zero-order valence-electron chi connectivity index (χ0n) is 15.6. The first kappa shape index (κ1) is 18.4. The summed E-state index contributed by atoms with van der Waals surface area (Å²) in [5.41, 5.74) is 3.63. The van der Waals surface area contributed by atoms with E-state index in [9.17, 15) is 14.9 Å². The summed E-state index contributed by atoms with van der Waals surface area (Å²) in [5, 5.41) is 18.7. The summed E-state index contributed by atoms with van der Waals surface area (Å²) in [7, 11) is 0. The van der Waals surface area contributed by atoms with Gasteiger partial charge in [0.25, 0.3) is 5.91 Å². The van der Waals surface area contributed by atoms with Gasteiger partial charge < -0.3 is 5.32 Å². The lowest BCUT2D eigenvalue weighted by Crippen LogP contribution is -2.36. The van der Waals surface area contributed by atoms with Gasteiger partial charge in [0.05, 0.1) is 11.3 Å². The smallest absolute Gasteiger partial charge is 0.272 e. The van der Waals surface area contributed by atoms with Crippen molar-refractivity contribution in [1.82, 2.24) is 0 Å². The van der Waals surface area contributed by atoms with E-state index in [0.717, 1.165) is 36.8 Å². The number of carbonyl (C=O) groups is 2. The number of thiophene rings is 1. The minimum absolute atomic E-state index is 0.133. The number of aryl methyl sites for hydroxylation is 2. The van der Waals surface area contributed by atoms with Crippen LogP contribution in [0.2, 0.25) is 0 Å². The van der Waals surface area contributed by atoms with Gasteiger partial charge in [-0.1, -0.05) is 12.1 Å². The zero-order chi connectivity index (χ0) is 19.7. The highest BCUT2D eigenvalue weighted by Gasteiger charge is 2.28. The van der Waals surface area contributed by atoms with Crippen LogP contribution >= 0.6 is 11.3 Å². The van der Waals surface area contributed by atoms with Crippen LogP contribution in [-0.4, -0.2) is 17.5 Å². The van der Waals surface area contributed by atoms with E-state index in [1.807, 2.05) is 25.1 Å². The monoisotopic (exact) mass is 392 g/mol. The molecular weight excluding hydrogens is 372 g/mol. The molecular formula is C21H20N4O2S. The second-order valence-electron chi connectivity index (χ2n) is 7.07. The van der Waals surface area contributed by atoms with Crippen LogP contribution in [-0.2, 0) is 22.4 Å². The Morgan fingerprint density at radius 3 is 2.86 bits per heavy atom. The molecule has 1 aromatic heterocycles. The van der Waals surface area contributed by atoms with E-state index in [1.54, 1.807) is 6.07 Å². The number of hydrazone groups is 1. The van der Waals surface area contributed by atoms with Crippen molar-refractivity contribution in [2.45, 2.75) is 45.4 Å². The van der Waals surface area contributed by atoms with Gasteiger partial charge in [-0.25, -0.2) is 5.01 Å². The van der Waals surface area contributed by atoms with E-state index in [2.05, 4.69) is 16.5 Å². The summed E-state index contributed by atoms with van der Waals surface area (Å²) < 4.78 is 0. The number of benzene rings is 1. The quantitative estimate of drug-likeness (QED) is 0.859. The maximum atomic E-state index is 12.8. The Hall–Kier alpha value is -2.98. The number of hydrogen-bond donors (Lipinski definition) is 1. The van der Waals surface area contributed by atoms with E-state index in [1.165, 1.54) is 21.2 Å². The van der Waals surface area contributed by atoms with E-state index in [4.69, 9.17) is 0 Å². The van der Waals surface area contributed by atoms with E-state index < -0.39 is 0 Å². The fourth-order valence-electron chi connectivity index (χ4n) is 3.63. The van der Waals surface area contributed by atoms with Gasteiger partial charge in [0, 0.05) is 17.7 Å². The lowest BCUT2D eigenvalue weighted by atomic mass is 9.96. The molecule has 2 aromatic rings. The molecule has 2 heterocycles. The third-order valence-corrected chi connectivity index (χ3v) is 6.26. The summed E-state index contributed by atoms with van der Waals surface area (Å²) in [4.78, 5) is 26.3. The SMILES string of the molecule is Cc1cccc(N2N=C(C(=O)Nc3sc4c(c3C#N)CCCC4)CCC2=O)c1. The van der Waals surface area contributed by atoms with Crippen molar-refractivity contribution in [2.24, 2.45) is 5.10 Å². The zero-order valence-corrected chi connectivity index (χ0v) is 16.4. The van der Waals surface area contributed by atoms with Crippen LogP contribution in [0, 0.1) is 18.3 Å². The molecule has 28 heavy (non-hydrogen) atoms. The molecule has 0 atom stereocenters. The highest BCUT2D eigenvalue weighted by Crippen LogP contribution is 2.37. The van der Waals surface area contributed by atoms with E-state index in [-0.39, 0.29) is 18.2 Å². The average molecular weight is 392 g/mol. The first-order valence-corrected chi connectivity index (χ1v) is 10.2. The normalized spacial score (nSPS) is 16.2. The molecule has 1 aliphatic heterocycles. The third kappa shape index (κ3) is 3.43. The van der Waals surface area contributed by atoms with Crippen molar-refractivity contribution in [3.63, 3.8) is 0 Å². The van der Waals surface area contributed by atoms with Crippen LogP contribution in [0.4, 0.5) is 10.7 Å². The second-order valence-corrected chi connectivity index (χ2v) is 8.18. The molecule has 1 aromatic carbocycles. The van der Waals surface area contributed by atoms with Crippen LogP contribution in [0.5, 0.6) is 0 Å². The van der Waals surface area contributed by atoms with Gasteiger partial charge in [-0.3, -0.25) is 9.59 Å². The largest absolute Gasteiger partial charge is 0.311 e. The molecule has 142 valence electrons. The molecule has 0 fully saturated rings. The van der Waals surface area contributed by atoms with Crippen LogP contribution in [0.1, 0.15) is 47.3 Å². The standard InChI is InChI=1S/C21H20N4O2S/c1-13-5-4-6-14(11-13)25-19(26)10-9-17(24-25)20(27)23-21-16(12-22)15-7-2-3-8-18(15)28-21/h4-6,11H,2-3,7-10H2,1H3,(H,23,27). The number of nitriles is 1. The Morgan fingerprint density at radius 2 is 2.07 bits per heavy atom. The maximum Gasteiger partial charge on any atom is 0.272 e. The minimum Gasteiger partial charge on any atom is -0.311 e. The Morgan fingerprint density at radius 1 is 1.25 bits per heavy atom. The fourth-order valence-corrected chi connectivity index (χ4v) is 4.86. The van der Waals surface area contributed by atoms with Crippen LogP contribution in [0.3, 0.4) is 0 Å². The first-order chi connectivity index (χ1) is 13.6. The molecule has 0 saturated carbocycles. The molecule has 2 amide bonds. The Balaban J connectivity index is 1.60. The number of nitrogens with zero attached hydrogens (tertiary/aromatic N) is 3. The minimum atomic E-state index is -0.347. The van der Waals surface area contributed by atoms with Gasteiger partial charge in [0.15, 0.2) is 0 Å². The van der Waals surface area contributed by atoms with Gasteiger partial charge in [0.1, 0.15) is 16.8 Å². The Bertz CT molecular complexity index is 1030. The first-order valence-electron chi connectivity index (χ1n) is 9.40. The number of rotatable bonds is 3. The Labute approximate surface area is 167 Å².